The van der Waals surface area contributed by atoms with Crippen LogP contribution >= 0.6 is 0 Å². The number of nitrogens with zero attached hydrogens (tertiary/aromatic N) is 2. The molecular weight excluding hydrogens is 216 g/mol. The van der Waals surface area contributed by atoms with E-state index in [2.05, 4.69) is 16.7 Å². The molecule has 4 heteroatoms. The topological polar surface area (TPSA) is 43.8 Å². The third-order valence-electron chi connectivity index (χ3n) is 4.02. The summed E-state index contributed by atoms with van der Waals surface area (Å²) < 4.78 is 0. The molecular formula is C13H24N2O2. The summed E-state index contributed by atoms with van der Waals surface area (Å²) in [6.45, 7) is 7.97. The predicted octanol–water partition coefficient (Wildman–Crippen LogP) is 1.27. The fourth-order valence-electron chi connectivity index (χ4n) is 2.57. The standard InChI is InChI=1S/C13H24N2O2/c1-11(2-5-13(16)17)15-8-6-14(7-9-15)10-12-3-4-12/h11-12H,2-10H2,1H3,(H,16,17). The highest BCUT2D eigenvalue weighted by Gasteiger charge is 2.27. The highest BCUT2D eigenvalue weighted by Crippen LogP contribution is 2.30. The molecule has 1 saturated heterocycles. The molecule has 1 heterocycles. The van der Waals surface area contributed by atoms with Crippen molar-refractivity contribution in [1.82, 2.24) is 9.80 Å². The lowest BCUT2D eigenvalue weighted by Gasteiger charge is -2.38. The quantitative estimate of drug-likeness (QED) is 0.759. The van der Waals surface area contributed by atoms with E-state index in [0.717, 1.165) is 38.5 Å². The van der Waals surface area contributed by atoms with Crippen LogP contribution in [0, 0.1) is 5.92 Å². The molecule has 0 radical (unpaired) electrons. The molecule has 1 unspecified atom stereocenters. The Kier molecular flexibility index (Phi) is 4.40. The van der Waals surface area contributed by atoms with Gasteiger partial charge in [-0.3, -0.25) is 9.69 Å². The molecule has 0 bridgehead atoms. The first-order valence-electron chi connectivity index (χ1n) is 6.83. The van der Waals surface area contributed by atoms with E-state index >= 15 is 0 Å². The van der Waals surface area contributed by atoms with Gasteiger partial charge in [-0.2, -0.15) is 0 Å². The molecule has 1 atom stereocenters. The smallest absolute Gasteiger partial charge is 0.303 e. The Morgan fingerprint density at radius 2 is 1.94 bits per heavy atom. The lowest BCUT2D eigenvalue weighted by atomic mass is 10.1. The molecule has 98 valence electrons. The van der Waals surface area contributed by atoms with E-state index in [-0.39, 0.29) is 0 Å². The van der Waals surface area contributed by atoms with E-state index in [1.54, 1.807) is 0 Å². The highest BCUT2D eigenvalue weighted by atomic mass is 16.4. The van der Waals surface area contributed by atoms with Gasteiger partial charge in [0.15, 0.2) is 0 Å². The number of carboxylic acid groups (broad SMARTS) is 1. The van der Waals surface area contributed by atoms with E-state index in [1.807, 2.05) is 0 Å². The van der Waals surface area contributed by atoms with Gasteiger partial charge in [-0.05, 0) is 32.1 Å². The van der Waals surface area contributed by atoms with Crippen LogP contribution in [0.15, 0.2) is 0 Å². The SMILES string of the molecule is CC(CCC(=O)O)N1CCN(CC2CC2)CC1. The van der Waals surface area contributed by atoms with Crippen LogP contribution in [0.5, 0.6) is 0 Å². The normalized spacial score (nSPS) is 24.8. The van der Waals surface area contributed by atoms with E-state index in [0.29, 0.717) is 12.5 Å². The lowest BCUT2D eigenvalue weighted by Crippen LogP contribution is -2.50. The Bertz CT molecular complexity index is 258. The molecule has 2 aliphatic rings. The van der Waals surface area contributed by atoms with Crippen LogP contribution in [0.3, 0.4) is 0 Å². The van der Waals surface area contributed by atoms with Crippen LogP contribution in [0.2, 0.25) is 0 Å². The molecule has 1 N–H and O–H groups in total. The van der Waals surface area contributed by atoms with Crippen molar-refractivity contribution in [2.24, 2.45) is 5.92 Å². The van der Waals surface area contributed by atoms with Crippen molar-refractivity contribution in [2.75, 3.05) is 32.7 Å². The second-order valence-corrected chi connectivity index (χ2v) is 5.56. The Labute approximate surface area is 104 Å². The molecule has 0 amide bonds. The maximum atomic E-state index is 10.5. The van der Waals surface area contributed by atoms with Gasteiger partial charge in [0.1, 0.15) is 0 Å². The first kappa shape index (κ1) is 12.8. The first-order chi connectivity index (χ1) is 8.15. The van der Waals surface area contributed by atoms with Crippen LogP contribution in [-0.2, 0) is 4.79 Å². The van der Waals surface area contributed by atoms with Crippen LogP contribution in [0.25, 0.3) is 0 Å². The van der Waals surface area contributed by atoms with Crippen LogP contribution in [0.4, 0.5) is 0 Å². The molecule has 0 aromatic heterocycles. The molecule has 2 rings (SSSR count). The summed E-state index contributed by atoms with van der Waals surface area (Å²) in [4.78, 5) is 15.5. The number of rotatable bonds is 6. The number of hydrogen-bond acceptors (Lipinski definition) is 3. The summed E-state index contributed by atoms with van der Waals surface area (Å²) in [6, 6.07) is 0.411. The van der Waals surface area contributed by atoms with Gasteiger partial charge in [-0.15, -0.1) is 0 Å². The van der Waals surface area contributed by atoms with Crippen molar-refractivity contribution >= 4 is 5.97 Å². The van der Waals surface area contributed by atoms with Crippen LogP contribution in [0.1, 0.15) is 32.6 Å². The van der Waals surface area contributed by atoms with E-state index in [4.69, 9.17) is 5.11 Å². The Balaban J connectivity index is 1.64. The number of carboxylic acids is 1. The van der Waals surface area contributed by atoms with E-state index < -0.39 is 5.97 Å². The number of hydrogen-bond donors (Lipinski definition) is 1. The average Bonchev–Trinajstić information content (AvgIpc) is 3.11. The Morgan fingerprint density at radius 1 is 1.29 bits per heavy atom. The van der Waals surface area contributed by atoms with Crippen molar-refractivity contribution in [3.63, 3.8) is 0 Å². The first-order valence-corrected chi connectivity index (χ1v) is 6.83. The van der Waals surface area contributed by atoms with Gasteiger partial charge >= 0.3 is 5.97 Å². The summed E-state index contributed by atoms with van der Waals surface area (Å²) in [5.41, 5.74) is 0. The maximum Gasteiger partial charge on any atom is 0.303 e. The van der Waals surface area contributed by atoms with Gasteiger partial charge < -0.3 is 10.0 Å². The molecule has 4 nitrogen and oxygen atoms in total. The molecule has 17 heavy (non-hydrogen) atoms. The fourth-order valence-corrected chi connectivity index (χ4v) is 2.57. The van der Waals surface area contributed by atoms with Gasteiger partial charge in [-0.25, -0.2) is 0 Å². The molecule has 0 aromatic rings. The third kappa shape index (κ3) is 4.28. The number of piperazine rings is 1. The summed E-state index contributed by atoms with van der Waals surface area (Å²) in [6.07, 6.45) is 3.92. The molecule has 0 aromatic carbocycles. The average molecular weight is 240 g/mol. The third-order valence-corrected chi connectivity index (χ3v) is 4.02. The Hall–Kier alpha value is -0.610. The molecule has 1 aliphatic carbocycles. The van der Waals surface area contributed by atoms with Crippen molar-refractivity contribution in [3.8, 4) is 0 Å². The van der Waals surface area contributed by atoms with Crippen molar-refractivity contribution in [2.45, 2.75) is 38.6 Å². The number of carbonyl (C=O) groups is 1. The summed E-state index contributed by atoms with van der Waals surface area (Å²) in [7, 11) is 0. The maximum absolute atomic E-state index is 10.5. The molecule has 1 saturated carbocycles. The van der Waals surface area contributed by atoms with Gasteiger partial charge in [-0.1, -0.05) is 0 Å². The lowest BCUT2D eigenvalue weighted by molar-refractivity contribution is -0.137. The van der Waals surface area contributed by atoms with Gasteiger partial charge in [0, 0.05) is 45.2 Å². The second-order valence-electron chi connectivity index (χ2n) is 5.56. The largest absolute Gasteiger partial charge is 0.481 e. The molecule has 1 aliphatic heterocycles. The van der Waals surface area contributed by atoms with Crippen molar-refractivity contribution < 1.29 is 9.90 Å². The van der Waals surface area contributed by atoms with Crippen LogP contribution in [-0.4, -0.2) is 59.6 Å². The Morgan fingerprint density at radius 3 is 2.47 bits per heavy atom. The minimum Gasteiger partial charge on any atom is -0.481 e. The summed E-state index contributed by atoms with van der Waals surface area (Å²) in [5.74, 6) is 0.301. The van der Waals surface area contributed by atoms with Gasteiger partial charge in [0.25, 0.3) is 0 Å². The van der Waals surface area contributed by atoms with E-state index in [9.17, 15) is 4.79 Å². The predicted molar refractivity (Wildman–Crippen MR) is 67.1 cm³/mol. The van der Waals surface area contributed by atoms with Gasteiger partial charge in [0.2, 0.25) is 0 Å². The fraction of sp³-hybridized carbons (Fsp3) is 0.923. The van der Waals surface area contributed by atoms with Crippen LogP contribution < -0.4 is 0 Å². The molecule has 0 spiro atoms. The van der Waals surface area contributed by atoms with Crippen molar-refractivity contribution in [3.05, 3.63) is 0 Å². The highest BCUT2D eigenvalue weighted by molar-refractivity contribution is 5.66. The zero-order valence-electron chi connectivity index (χ0n) is 10.8. The van der Waals surface area contributed by atoms with Crippen molar-refractivity contribution in [1.29, 1.82) is 0 Å². The van der Waals surface area contributed by atoms with Gasteiger partial charge in [0.05, 0.1) is 0 Å². The minimum absolute atomic E-state index is 0.295. The second kappa shape index (κ2) is 5.83. The zero-order chi connectivity index (χ0) is 12.3. The molecule has 2 fully saturated rings. The summed E-state index contributed by atoms with van der Waals surface area (Å²) in [5, 5.41) is 8.68. The monoisotopic (exact) mass is 240 g/mol. The summed E-state index contributed by atoms with van der Waals surface area (Å²) >= 11 is 0. The number of aliphatic carboxylic acids is 1. The minimum atomic E-state index is -0.677. The zero-order valence-corrected chi connectivity index (χ0v) is 10.8. The van der Waals surface area contributed by atoms with E-state index in [1.165, 1.54) is 19.4 Å².